The molecule has 0 aromatic heterocycles. The van der Waals surface area contributed by atoms with E-state index in [1.165, 1.54) is 0 Å². The van der Waals surface area contributed by atoms with Crippen LogP contribution in [0, 0.1) is 5.92 Å². The lowest BCUT2D eigenvalue weighted by atomic mass is 10.0. The highest BCUT2D eigenvalue weighted by Crippen LogP contribution is 2.25. The molecule has 0 aromatic rings. The predicted molar refractivity (Wildman–Crippen MR) is 66.4 cm³/mol. The minimum absolute atomic E-state index is 0.204. The minimum atomic E-state index is -0.820. The van der Waals surface area contributed by atoms with Crippen molar-refractivity contribution in [3.8, 4) is 0 Å². The molecule has 1 aliphatic rings. The molecule has 1 aliphatic carbocycles. The van der Waals surface area contributed by atoms with Crippen molar-refractivity contribution in [3.63, 3.8) is 0 Å². The van der Waals surface area contributed by atoms with Crippen LogP contribution in [0.4, 0.5) is 4.79 Å². The Kier molecular flexibility index (Phi) is 5.91. The number of aliphatic carboxylic acids is 1. The molecule has 0 aromatic carbocycles. The van der Waals surface area contributed by atoms with Gasteiger partial charge in [0.15, 0.2) is 0 Å². The van der Waals surface area contributed by atoms with Crippen LogP contribution in [0.15, 0.2) is 0 Å². The van der Waals surface area contributed by atoms with E-state index >= 15 is 0 Å². The molecule has 2 amide bonds. The molecule has 1 saturated carbocycles. The summed E-state index contributed by atoms with van der Waals surface area (Å²) in [4.78, 5) is 24.4. The highest BCUT2D eigenvalue weighted by Gasteiger charge is 2.34. The summed E-state index contributed by atoms with van der Waals surface area (Å²) in [6.07, 6.45) is 3.02. The molecule has 0 bridgehead atoms. The topological polar surface area (TPSA) is 78.9 Å². The number of carboxylic acid groups (broad SMARTS) is 1. The first kappa shape index (κ1) is 14.8. The Morgan fingerprint density at radius 2 is 2.17 bits per heavy atom. The second kappa shape index (κ2) is 7.20. The SMILES string of the molecule is COCCCN(C)C(=O)NC1CCCC1C(=O)O. The molecular formula is C12H22N2O4. The van der Waals surface area contributed by atoms with E-state index in [4.69, 9.17) is 9.84 Å². The Labute approximate surface area is 107 Å². The van der Waals surface area contributed by atoms with Crippen molar-refractivity contribution in [2.45, 2.75) is 31.7 Å². The summed E-state index contributed by atoms with van der Waals surface area (Å²) in [7, 11) is 3.33. The van der Waals surface area contributed by atoms with Crippen molar-refractivity contribution < 1.29 is 19.4 Å². The smallest absolute Gasteiger partial charge is 0.317 e. The fourth-order valence-electron chi connectivity index (χ4n) is 2.24. The van der Waals surface area contributed by atoms with E-state index < -0.39 is 11.9 Å². The number of carbonyl (C=O) groups is 2. The fourth-order valence-corrected chi connectivity index (χ4v) is 2.24. The first-order valence-corrected chi connectivity index (χ1v) is 6.29. The van der Waals surface area contributed by atoms with Crippen LogP contribution in [-0.4, -0.2) is 55.4 Å². The third-order valence-corrected chi connectivity index (χ3v) is 3.33. The summed E-state index contributed by atoms with van der Waals surface area (Å²) >= 11 is 0. The molecule has 6 nitrogen and oxygen atoms in total. The van der Waals surface area contributed by atoms with E-state index in [2.05, 4.69) is 5.32 Å². The number of carbonyl (C=O) groups excluding carboxylic acids is 1. The maximum absolute atomic E-state index is 11.8. The van der Waals surface area contributed by atoms with E-state index in [0.717, 1.165) is 19.3 Å². The van der Waals surface area contributed by atoms with Crippen LogP contribution in [0.25, 0.3) is 0 Å². The summed E-state index contributed by atoms with van der Waals surface area (Å²) in [6, 6.07) is -0.441. The normalized spacial score (nSPS) is 22.8. The van der Waals surface area contributed by atoms with Crippen LogP contribution >= 0.6 is 0 Å². The van der Waals surface area contributed by atoms with Crippen LogP contribution in [0.2, 0.25) is 0 Å². The van der Waals surface area contributed by atoms with E-state index in [-0.39, 0.29) is 12.1 Å². The average molecular weight is 258 g/mol. The first-order valence-electron chi connectivity index (χ1n) is 6.29. The Hall–Kier alpha value is -1.30. The molecule has 18 heavy (non-hydrogen) atoms. The predicted octanol–water partition coefficient (Wildman–Crippen LogP) is 0.918. The van der Waals surface area contributed by atoms with Gasteiger partial charge in [-0.1, -0.05) is 6.42 Å². The standard InChI is InChI=1S/C12H22N2O4/c1-14(7-4-8-18-2)12(17)13-10-6-3-5-9(10)11(15)16/h9-10H,3-8H2,1-2H3,(H,13,17)(H,15,16). The molecule has 2 N–H and O–H groups in total. The maximum atomic E-state index is 11.8. The highest BCUT2D eigenvalue weighted by atomic mass is 16.5. The van der Waals surface area contributed by atoms with Gasteiger partial charge in [-0.2, -0.15) is 0 Å². The van der Waals surface area contributed by atoms with Crippen molar-refractivity contribution in [3.05, 3.63) is 0 Å². The van der Waals surface area contributed by atoms with Crippen molar-refractivity contribution in [2.75, 3.05) is 27.3 Å². The Balaban J connectivity index is 2.36. The molecule has 2 unspecified atom stereocenters. The maximum Gasteiger partial charge on any atom is 0.317 e. The number of rotatable bonds is 6. The zero-order chi connectivity index (χ0) is 13.5. The summed E-state index contributed by atoms with van der Waals surface area (Å²) in [5, 5.41) is 11.8. The Morgan fingerprint density at radius 1 is 1.44 bits per heavy atom. The molecule has 0 radical (unpaired) electrons. The van der Waals surface area contributed by atoms with Gasteiger partial charge >= 0.3 is 12.0 Å². The molecule has 0 heterocycles. The molecule has 1 fully saturated rings. The van der Waals surface area contributed by atoms with Crippen molar-refractivity contribution in [1.29, 1.82) is 0 Å². The molecular weight excluding hydrogens is 236 g/mol. The number of amides is 2. The molecule has 2 atom stereocenters. The summed E-state index contributed by atoms with van der Waals surface area (Å²) < 4.78 is 4.92. The molecule has 104 valence electrons. The lowest BCUT2D eigenvalue weighted by Crippen LogP contribution is -2.46. The van der Waals surface area contributed by atoms with Crippen LogP contribution in [-0.2, 0) is 9.53 Å². The zero-order valence-electron chi connectivity index (χ0n) is 11.0. The number of urea groups is 1. The third kappa shape index (κ3) is 4.18. The second-order valence-corrected chi connectivity index (χ2v) is 4.70. The quantitative estimate of drug-likeness (QED) is 0.694. The van der Waals surface area contributed by atoms with Crippen molar-refractivity contribution in [1.82, 2.24) is 10.2 Å². The van der Waals surface area contributed by atoms with Crippen molar-refractivity contribution in [2.24, 2.45) is 5.92 Å². The van der Waals surface area contributed by atoms with E-state index in [1.54, 1.807) is 19.1 Å². The number of hydrogen-bond acceptors (Lipinski definition) is 3. The van der Waals surface area contributed by atoms with Crippen molar-refractivity contribution >= 4 is 12.0 Å². The van der Waals surface area contributed by atoms with Gasteiger partial charge in [0.2, 0.25) is 0 Å². The van der Waals surface area contributed by atoms with Crippen LogP contribution in [0.5, 0.6) is 0 Å². The number of methoxy groups -OCH3 is 1. The van der Waals surface area contributed by atoms with Crippen LogP contribution in [0.3, 0.4) is 0 Å². The number of nitrogens with one attached hydrogen (secondary N) is 1. The monoisotopic (exact) mass is 258 g/mol. The zero-order valence-corrected chi connectivity index (χ0v) is 11.0. The Morgan fingerprint density at radius 3 is 2.78 bits per heavy atom. The number of carboxylic acids is 1. The van der Waals surface area contributed by atoms with Gasteiger partial charge in [0.1, 0.15) is 0 Å². The summed E-state index contributed by atoms with van der Waals surface area (Å²) in [6.45, 7) is 1.21. The van der Waals surface area contributed by atoms with E-state index in [9.17, 15) is 9.59 Å². The van der Waals surface area contributed by atoms with Gasteiger partial charge in [-0.15, -0.1) is 0 Å². The van der Waals surface area contributed by atoms with E-state index in [1.807, 2.05) is 0 Å². The van der Waals surface area contributed by atoms with Gasteiger partial charge in [-0.25, -0.2) is 4.79 Å². The minimum Gasteiger partial charge on any atom is -0.481 e. The Bertz CT molecular complexity index is 296. The number of ether oxygens (including phenoxy) is 1. The molecule has 1 rings (SSSR count). The first-order chi connectivity index (χ1) is 8.56. The number of nitrogens with zero attached hydrogens (tertiary/aromatic N) is 1. The molecule has 0 saturated heterocycles. The lowest BCUT2D eigenvalue weighted by Gasteiger charge is -2.23. The fraction of sp³-hybridized carbons (Fsp3) is 0.833. The van der Waals surface area contributed by atoms with Crippen LogP contribution in [0.1, 0.15) is 25.7 Å². The van der Waals surface area contributed by atoms with Gasteiger partial charge in [-0.05, 0) is 19.3 Å². The highest BCUT2D eigenvalue weighted by molar-refractivity contribution is 5.77. The van der Waals surface area contributed by atoms with Gasteiger partial charge in [0.25, 0.3) is 0 Å². The lowest BCUT2D eigenvalue weighted by molar-refractivity contribution is -0.142. The third-order valence-electron chi connectivity index (χ3n) is 3.33. The average Bonchev–Trinajstić information content (AvgIpc) is 2.77. The van der Waals surface area contributed by atoms with Crippen LogP contribution < -0.4 is 5.32 Å². The van der Waals surface area contributed by atoms with Gasteiger partial charge < -0.3 is 20.1 Å². The largest absolute Gasteiger partial charge is 0.481 e. The van der Waals surface area contributed by atoms with Gasteiger partial charge in [-0.3, -0.25) is 4.79 Å². The van der Waals surface area contributed by atoms with E-state index in [0.29, 0.717) is 19.6 Å². The second-order valence-electron chi connectivity index (χ2n) is 4.70. The molecule has 0 aliphatic heterocycles. The summed E-state index contributed by atoms with van der Waals surface area (Å²) in [5.74, 6) is -1.26. The number of hydrogen-bond donors (Lipinski definition) is 2. The van der Waals surface area contributed by atoms with Gasteiger partial charge in [0, 0.05) is 33.4 Å². The van der Waals surface area contributed by atoms with Gasteiger partial charge in [0.05, 0.1) is 5.92 Å². The summed E-state index contributed by atoms with van der Waals surface area (Å²) in [5.41, 5.74) is 0. The molecule has 0 spiro atoms. The molecule has 6 heteroatoms.